The smallest absolute Gasteiger partial charge is 0.264 e. The summed E-state index contributed by atoms with van der Waals surface area (Å²) in [6, 6.07) is 19.2. The highest BCUT2D eigenvalue weighted by Crippen LogP contribution is 2.33. The van der Waals surface area contributed by atoms with Crippen LogP contribution in [0.2, 0.25) is 0 Å². The Morgan fingerprint density at radius 2 is 1.55 bits per heavy atom. The second kappa shape index (κ2) is 12.3. The van der Waals surface area contributed by atoms with Gasteiger partial charge in [0.15, 0.2) is 5.13 Å². The number of benzene rings is 3. The van der Waals surface area contributed by atoms with Crippen LogP contribution in [0.5, 0.6) is 0 Å². The van der Waals surface area contributed by atoms with Crippen molar-refractivity contribution in [3.8, 4) is 0 Å². The largest absolute Gasteiger partial charge is 0.309 e. The molecule has 0 unspecified atom stereocenters. The average molecular weight is 573 g/mol. The van der Waals surface area contributed by atoms with Crippen molar-refractivity contribution in [3.05, 3.63) is 83.4 Å². The molecule has 10 heteroatoms. The topological polar surface area (TPSA) is 73.8 Å². The molecule has 0 bridgehead atoms. The van der Waals surface area contributed by atoms with Crippen molar-refractivity contribution in [3.63, 3.8) is 0 Å². The van der Waals surface area contributed by atoms with Gasteiger partial charge in [0.25, 0.3) is 15.9 Å². The monoisotopic (exact) mass is 572 g/mol. The van der Waals surface area contributed by atoms with E-state index in [0.29, 0.717) is 22.9 Å². The van der Waals surface area contributed by atoms with Crippen molar-refractivity contribution in [2.75, 3.05) is 43.4 Å². The number of para-hydroxylation sites is 1. The van der Waals surface area contributed by atoms with Gasteiger partial charge in [0.2, 0.25) is 0 Å². The second-order valence-corrected chi connectivity index (χ2v) is 12.3. The molecular formula is C28H33ClN4O3S2. The highest BCUT2D eigenvalue weighted by atomic mass is 35.5. The molecule has 7 nitrogen and oxygen atoms in total. The van der Waals surface area contributed by atoms with Gasteiger partial charge in [0.1, 0.15) is 0 Å². The molecule has 0 fully saturated rings. The predicted octanol–water partition coefficient (Wildman–Crippen LogP) is 5.76. The summed E-state index contributed by atoms with van der Waals surface area (Å²) in [6.07, 6.45) is 0.779. The molecule has 0 aliphatic heterocycles. The summed E-state index contributed by atoms with van der Waals surface area (Å²) in [5.41, 5.74) is 4.16. The van der Waals surface area contributed by atoms with E-state index in [0.717, 1.165) is 34.3 Å². The van der Waals surface area contributed by atoms with E-state index in [9.17, 15) is 13.2 Å². The Bertz CT molecular complexity index is 1500. The van der Waals surface area contributed by atoms with E-state index in [1.807, 2.05) is 33.2 Å². The fraction of sp³-hybridized carbons (Fsp3) is 0.286. The number of carbonyl (C=O) groups excluding carboxylic acids is 1. The van der Waals surface area contributed by atoms with Gasteiger partial charge in [-0.3, -0.25) is 14.0 Å². The molecule has 0 saturated carbocycles. The van der Waals surface area contributed by atoms with Gasteiger partial charge in [0, 0.05) is 19.2 Å². The fourth-order valence-electron chi connectivity index (χ4n) is 4.02. The third kappa shape index (κ3) is 6.18. The van der Waals surface area contributed by atoms with E-state index < -0.39 is 10.0 Å². The van der Waals surface area contributed by atoms with Gasteiger partial charge in [0.05, 0.1) is 20.8 Å². The van der Waals surface area contributed by atoms with Gasteiger partial charge in [-0.15, -0.1) is 12.4 Å². The first kappa shape index (κ1) is 29.6. The standard InChI is InChI=1S/C28H32N4O3S2.ClH/c1-20-12-17-25-26(21(20)2)29-28(36-25)32(19-9-18-30(3)4)27(33)22-13-15-24(16-14-22)37(34,35)31(5)23-10-7-6-8-11-23;/h6-8,10-17H,9,18-19H2,1-5H3;1H. The number of carbonyl (C=O) groups is 1. The number of rotatable bonds is 9. The number of aryl methyl sites for hydroxylation is 2. The normalized spacial score (nSPS) is 11.4. The zero-order valence-corrected chi connectivity index (χ0v) is 24.7. The van der Waals surface area contributed by atoms with Crippen LogP contribution in [0.15, 0.2) is 71.6 Å². The number of hydrogen-bond donors (Lipinski definition) is 0. The van der Waals surface area contributed by atoms with Crippen molar-refractivity contribution >= 4 is 60.7 Å². The first-order valence-electron chi connectivity index (χ1n) is 12.1. The summed E-state index contributed by atoms with van der Waals surface area (Å²) < 4.78 is 28.6. The van der Waals surface area contributed by atoms with E-state index in [1.165, 1.54) is 34.8 Å². The Morgan fingerprint density at radius 1 is 0.895 bits per heavy atom. The van der Waals surface area contributed by atoms with Gasteiger partial charge in [-0.2, -0.15) is 0 Å². The maximum atomic E-state index is 13.7. The number of aromatic nitrogens is 1. The van der Waals surface area contributed by atoms with Gasteiger partial charge < -0.3 is 4.90 Å². The molecule has 0 N–H and O–H groups in total. The summed E-state index contributed by atoms with van der Waals surface area (Å²) in [5.74, 6) is -0.201. The molecule has 0 saturated heterocycles. The van der Waals surface area contributed by atoms with Gasteiger partial charge in [-0.05, 0) is 94.5 Å². The van der Waals surface area contributed by atoms with Crippen molar-refractivity contribution in [1.82, 2.24) is 9.88 Å². The molecule has 0 radical (unpaired) electrons. The van der Waals surface area contributed by atoms with Gasteiger partial charge in [-0.1, -0.05) is 35.6 Å². The minimum Gasteiger partial charge on any atom is -0.309 e. The third-order valence-electron chi connectivity index (χ3n) is 6.42. The van der Waals surface area contributed by atoms with Crippen LogP contribution in [0.3, 0.4) is 0 Å². The molecule has 0 atom stereocenters. The van der Waals surface area contributed by atoms with E-state index in [-0.39, 0.29) is 23.2 Å². The van der Waals surface area contributed by atoms with E-state index in [2.05, 4.69) is 17.9 Å². The van der Waals surface area contributed by atoms with Gasteiger partial charge in [-0.25, -0.2) is 13.4 Å². The number of halogens is 1. The lowest BCUT2D eigenvalue weighted by Crippen LogP contribution is -2.33. The van der Waals surface area contributed by atoms with Crippen LogP contribution in [-0.2, 0) is 10.0 Å². The minimum absolute atomic E-state index is 0. The lowest BCUT2D eigenvalue weighted by molar-refractivity contribution is 0.0986. The lowest BCUT2D eigenvalue weighted by atomic mass is 10.1. The number of fused-ring (bicyclic) bond motifs is 1. The molecule has 1 heterocycles. The predicted molar refractivity (Wildman–Crippen MR) is 160 cm³/mol. The summed E-state index contributed by atoms with van der Waals surface area (Å²) in [7, 11) is 1.76. The first-order valence-corrected chi connectivity index (χ1v) is 14.3. The van der Waals surface area contributed by atoms with Crippen LogP contribution < -0.4 is 9.21 Å². The number of amides is 1. The summed E-state index contributed by atoms with van der Waals surface area (Å²) in [6.45, 7) is 5.44. The maximum Gasteiger partial charge on any atom is 0.264 e. The van der Waals surface area contributed by atoms with E-state index >= 15 is 0 Å². The molecule has 0 aliphatic carbocycles. The molecular weight excluding hydrogens is 540 g/mol. The Morgan fingerprint density at radius 3 is 2.18 bits per heavy atom. The Balaban J connectivity index is 0.00000400. The van der Waals surface area contributed by atoms with Crippen LogP contribution in [0, 0.1) is 13.8 Å². The Hall–Kier alpha value is -2.98. The van der Waals surface area contributed by atoms with Crippen LogP contribution in [0.1, 0.15) is 27.9 Å². The van der Waals surface area contributed by atoms with Crippen LogP contribution >= 0.6 is 23.7 Å². The highest BCUT2D eigenvalue weighted by Gasteiger charge is 2.25. The number of thiazole rings is 1. The molecule has 1 aromatic heterocycles. The zero-order valence-electron chi connectivity index (χ0n) is 22.2. The molecule has 4 rings (SSSR count). The Kier molecular flexibility index (Phi) is 9.54. The summed E-state index contributed by atoms with van der Waals surface area (Å²) in [4.78, 5) is 22.4. The van der Waals surface area contributed by atoms with Crippen LogP contribution in [0.25, 0.3) is 10.2 Å². The Labute approximate surface area is 235 Å². The molecule has 4 aromatic rings. The third-order valence-corrected chi connectivity index (χ3v) is 9.26. The molecule has 38 heavy (non-hydrogen) atoms. The molecule has 0 spiro atoms. The first-order chi connectivity index (χ1) is 17.6. The van der Waals surface area contributed by atoms with Gasteiger partial charge >= 0.3 is 0 Å². The fourth-order valence-corrected chi connectivity index (χ4v) is 6.26. The highest BCUT2D eigenvalue weighted by molar-refractivity contribution is 7.92. The van der Waals surface area contributed by atoms with Crippen molar-refractivity contribution in [2.24, 2.45) is 0 Å². The average Bonchev–Trinajstić information content (AvgIpc) is 3.33. The SMILES string of the molecule is Cc1ccc2sc(N(CCCN(C)C)C(=O)c3ccc(S(=O)(=O)N(C)c4ccccc4)cc3)nc2c1C.Cl. The minimum atomic E-state index is -3.76. The maximum absolute atomic E-state index is 13.7. The number of anilines is 2. The summed E-state index contributed by atoms with van der Waals surface area (Å²) in [5, 5.41) is 0.646. The number of sulfonamides is 1. The molecule has 202 valence electrons. The van der Waals surface area contributed by atoms with Crippen molar-refractivity contribution in [1.29, 1.82) is 0 Å². The van der Waals surface area contributed by atoms with Crippen molar-refractivity contribution < 1.29 is 13.2 Å². The molecule has 0 aliphatic rings. The number of nitrogens with zero attached hydrogens (tertiary/aromatic N) is 4. The van der Waals surface area contributed by atoms with Crippen LogP contribution in [-0.4, -0.2) is 58.4 Å². The molecule has 3 aromatic carbocycles. The van der Waals surface area contributed by atoms with Crippen LogP contribution in [0.4, 0.5) is 10.8 Å². The summed E-state index contributed by atoms with van der Waals surface area (Å²) >= 11 is 1.50. The van der Waals surface area contributed by atoms with Crippen molar-refractivity contribution in [2.45, 2.75) is 25.2 Å². The lowest BCUT2D eigenvalue weighted by Gasteiger charge is -2.22. The quantitative estimate of drug-likeness (QED) is 0.255. The number of hydrogen-bond acceptors (Lipinski definition) is 6. The second-order valence-electron chi connectivity index (χ2n) is 9.30. The zero-order chi connectivity index (χ0) is 26.7. The molecule has 1 amide bonds. The van der Waals surface area contributed by atoms with E-state index in [4.69, 9.17) is 4.98 Å². The van der Waals surface area contributed by atoms with E-state index in [1.54, 1.807) is 41.3 Å².